The van der Waals surface area contributed by atoms with Crippen molar-refractivity contribution in [3.05, 3.63) is 58.7 Å². The molecule has 226 valence electrons. The smallest absolute Gasteiger partial charge is 0.453 e. The lowest BCUT2D eigenvalue weighted by Crippen LogP contribution is -2.47. The second-order valence-electron chi connectivity index (χ2n) is 8.95. The molecule has 0 unspecified atom stereocenters. The molecule has 3 rings (SSSR count). The van der Waals surface area contributed by atoms with Crippen LogP contribution in [0.1, 0.15) is 48.6 Å². The minimum atomic E-state index is -5.16. The van der Waals surface area contributed by atoms with E-state index in [1.807, 2.05) is 0 Å². The highest BCUT2D eigenvalue weighted by molar-refractivity contribution is 5.90. The van der Waals surface area contributed by atoms with Gasteiger partial charge >= 0.3 is 30.9 Å². The fraction of sp³-hybridized carbons (Fsp3) is 0.440. The van der Waals surface area contributed by atoms with Gasteiger partial charge in [0, 0.05) is 18.2 Å². The van der Waals surface area contributed by atoms with Crippen molar-refractivity contribution in [1.82, 2.24) is 4.90 Å². The number of hydrogen-bond donors (Lipinski definition) is 0. The number of halogens is 9. The molecule has 2 atom stereocenters. The maximum atomic E-state index is 13.4. The van der Waals surface area contributed by atoms with Gasteiger partial charge < -0.3 is 14.2 Å². The number of benzene rings is 2. The molecule has 0 aromatic heterocycles. The standard InChI is InChI=1S/C25H23F9N2O5/c1-4-40-22(38)36-13(2)7-20(18-11-17(5-6-19(18)36)41-25(32,33)34)35(21(37)39-3)12-14-8-15(23(26,27)28)10-16(9-14)24(29,30)31/h5-6,8-11,13,20H,4,7,12H2,1-3H3/t13-,20+/m0/s1. The third kappa shape index (κ3) is 7.47. The van der Waals surface area contributed by atoms with Gasteiger partial charge in [0.15, 0.2) is 0 Å². The van der Waals surface area contributed by atoms with Crippen molar-refractivity contribution in [2.24, 2.45) is 0 Å². The summed E-state index contributed by atoms with van der Waals surface area (Å²) in [4.78, 5) is 27.4. The first-order chi connectivity index (χ1) is 18.9. The van der Waals surface area contributed by atoms with Gasteiger partial charge in [0.05, 0.1) is 36.6 Å². The predicted octanol–water partition coefficient (Wildman–Crippen LogP) is 7.69. The summed E-state index contributed by atoms with van der Waals surface area (Å²) in [5, 5.41) is 0. The number of anilines is 1. The van der Waals surface area contributed by atoms with E-state index in [9.17, 15) is 49.1 Å². The minimum absolute atomic E-state index is 0.0179. The molecule has 7 nitrogen and oxygen atoms in total. The highest BCUT2D eigenvalue weighted by Crippen LogP contribution is 2.44. The zero-order chi connectivity index (χ0) is 30.9. The van der Waals surface area contributed by atoms with Crippen molar-refractivity contribution in [2.75, 3.05) is 18.6 Å². The van der Waals surface area contributed by atoms with E-state index in [4.69, 9.17) is 9.47 Å². The molecule has 1 heterocycles. The molecule has 0 N–H and O–H groups in total. The summed E-state index contributed by atoms with van der Waals surface area (Å²) in [5.41, 5.74) is -3.97. The monoisotopic (exact) mass is 602 g/mol. The van der Waals surface area contributed by atoms with Gasteiger partial charge in [-0.3, -0.25) is 9.80 Å². The first-order valence-corrected chi connectivity index (χ1v) is 11.8. The van der Waals surface area contributed by atoms with Crippen LogP contribution in [-0.2, 0) is 28.4 Å². The third-order valence-corrected chi connectivity index (χ3v) is 6.11. The Morgan fingerprint density at radius 1 is 0.951 bits per heavy atom. The molecule has 0 aliphatic carbocycles. The fourth-order valence-electron chi connectivity index (χ4n) is 4.50. The SMILES string of the molecule is CCOC(=O)N1c2ccc(OC(F)(F)F)cc2[C@H](N(Cc2cc(C(F)(F)F)cc(C(F)(F)F)c2)C(=O)OC)C[C@@H]1C. The van der Waals surface area contributed by atoms with E-state index < -0.39 is 72.0 Å². The molecule has 0 saturated heterocycles. The zero-order valence-corrected chi connectivity index (χ0v) is 21.6. The van der Waals surface area contributed by atoms with Gasteiger partial charge in [-0.25, -0.2) is 9.59 Å². The van der Waals surface area contributed by atoms with Crippen molar-refractivity contribution in [3.8, 4) is 5.75 Å². The molecule has 2 amide bonds. The Balaban J connectivity index is 2.18. The second kappa shape index (κ2) is 11.6. The molecule has 1 aliphatic heterocycles. The van der Waals surface area contributed by atoms with Gasteiger partial charge in [0.1, 0.15) is 5.75 Å². The van der Waals surface area contributed by atoms with Crippen LogP contribution in [0, 0.1) is 0 Å². The Morgan fingerprint density at radius 2 is 1.54 bits per heavy atom. The van der Waals surface area contributed by atoms with Crippen LogP contribution in [0.4, 0.5) is 54.8 Å². The van der Waals surface area contributed by atoms with Gasteiger partial charge in [0.2, 0.25) is 0 Å². The average Bonchev–Trinajstić information content (AvgIpc) is 2.84. The van der Waals surface area contributed by atoms with E-state index >= 15 is 0 Å². The molecule has 0 bridgehead atoms. The molecule has 2 aromatic carbocycles. The van der Waals surface area contributed by atoms with Gasteiger partial charge in [-0.15, -0.1) is 13.2 Å². The van der Waals surface area contributed by atoms with Crippen molar-refractivity contribution < 1.29 is 63.3 Å². The van der Waals surface area contributed by atoms with Crippen LogP contribution in [0.3, 0.4) is 0 Å². The number of alkyl halides is 9. The quantitative estimate of drug-likeness (QED) is 0.329. The molecule has 0 radical (unpaired) electrons. The number of hydrogen-bond acceptors (Lipinski definition) is 5. The lowest BCUT2D eigenvalue weighted by Gasteiger charge is -2.42. The third-order valence-electron chi connectivity index (χ3n) is 6.11. The normalized spacial score (nSPS) is 17.5. The van der Waals surface area contributed by atoms with E-state index in [1.165, 1.54) is 13.8 Å². The number of fused-ring (bicyclic) bond motifs is 1. The number of carbonyl (C=O) groups is 2. The van der Waals surface area contributed by atoms with Crippen LogP contribution in [0.2, 0.25) is 0 Å². The molecular formula is C25H23F9N2O5. The predicted molar refractivity (Wildman–Crippen MR) is 124 cm³/mol. The van der Waals surface area contributed by atoms with Gasteiger partial charge in [-0.05, 0) is 62.2 Å². The molecular weight excluding hydrogens is 579 g/mol. The molecule has 1 aliphatic rings. The summed E-state index contributed by atoms with van der Waals surface area (Å²) in [7, 11) is 0.907. The first-order valence-electron chi connectivity index (χ1n) is 11.8. The summed E-state index contributed by atoms with van der Waals surface area (Å²) < 4.78 is 133. The topological polar surface area (TPSA) is 68.3 Å². The van der Waals surface area contributed by atoms with Crippen LogP contribution >= 0.6 is 0 Å². The Labute approximate surface area is 227 Å². The van der Waals surface area contributed by atoms with E-state index in [0.717, 1.165) is 35.1 Å². The van der Waals surface area contributed by atoms with E-state index in [1.54, 1.807) is 0 Å². The summed E-state index contributed by atoms with van der Waals surface area (Å²) in [6.45, 7) is 2.11. The number of nitrogens with zero attached hydrogens (tertiary/aromatic N) is 2. The van der Waals surface area contributed by atoms with Crippen molar-refractivity contribution in [3.63, 3.8) is 0 Å². The lowest BCUT2D eigenvalue weighted by molar-refractivity contribution is -0.274. The van der Waals surface area contributed by atoms with Gasteiger partial charge in [0.25, 0.3) is 0 Å². The van der Waals surface area contributed by atoms with Gasteiger partial charge in [-0.1, -0.05) is 0 Å². The van der Waals surface area contributed by atoms with Crippen molar-refractivity contribution in [2.45, 2.75) is 57.6 Å². The van der Waals surface area contributed by atoms with Crippen LogP contribution in [0.25, 0.3) is 0 Å². The van der Waals surface area contributed by atoms with Crippen LogP contribution in [0.15, 0.2) is 36.4 Å². The number of carbonyl (C=O) groups excluding carboxylic acids is 2. The summed E-state index contributed by atoms with van der Waals surface area (Å²) in [5.74, 6) is -0.747. The molecule has 0 spiro atoms. The number of rotatable bonds is 5. The van der Waals surface area contributed by atoms with Crippen LogP contribution in [0.5, 0.6) is 5.75 Å². The Morgan fingerprint density at radius 3 is 2.02 bits per heavy atom. The van der Waals surface area contributed by atoms with Gasteiger partial charge in [-0.2, -0.15) is 26.3 Å². The van der Waals surface area contributed by atoms with E-state index in [2.05, 4.69) is 4.74 Å². The Hall–Kier alpha value is -3.85. The summed E-state index contributed by atoms with van der Waals surface area (Å²) in [6.07, 6.45) is -17.7. The fourth-order valence-corrected chi connectivity index (χ4v) is 4.50. The second-order valence-corrected chi connectivity index (χ2v) is 8.95. The summed E-state index contributed by atoms with van der Waals surface area (Å²) in [6, 6.07) is 1.56. The first kappa shape index (κ1) is 31.7. The molecule has 16 heteroatoms. The lowest BCUT2D eigenvalue weighted by atomic mass is 9.90. The number of methoxy groups -OCH3 is 1. The van der Waals surface area contributed by atoms with Crippen molar-refractivity contribution in [1.29, 1.82) is 0 Å². The molecule has 0 fully saturated rings. The number of ether oxygens (including phenoxy) is 3. The van der Waals surface area contributed by atoms with E-state index in [-0.39, 0.29) is 30.3 Å². The zero-order valence-electron chi connectivity index (χ0n) is 21.6. The van der Waals surface area contributed by atoms with Crippen LogP contribution < -0.4 is 9.64 Å². The maximum absolute atomic E-state index is 13.4. The van der Waals surface area contributed by atoms with E-state index in [0.29, 0.717) is 12.1 Å². The Kier molecular flexibility index (Phi) is 8.93. The molecule has 0 saturated carbocycles. The Bertz CT molecular complexity index is 1250. The maximum Gasteiger partial charge on any atom is 0.573 e. The minimum Gasteiger partial charge on any atom is -0.453 e. The van der Waals surface area contributed by atoms with Crippen LogP contribution in [-0.4, -0.2) is 43.2 Å². The highest BCUT2D eigenvalue weighted by atomic mass is 19.4. The largest absolute Gasteiger partial charge is 0.573 e. The average molecular weight is 602 g/mol. The summed E-state index contributed by atoms with van der Waals surface area (Å²) >= 11 is 0. The molecule has 2 aromatic rings. The van der Waals surface area contributed by atoms with Crippen molar-refractivity contribution >= 4 is 17.9 Å². The highest BCUT2D eigenvalue weighted by Gasteiger charge is 2.42. The molecule has 41 heavy (non-hydrogen) atoms. The number of amides is 2.